The molecule has 0 spiro atoms. The molecular weight excluding hydrogens is 424 g/mol. The van der Waals surface area contributed by atoms with Gasteiger partial charge >= 0.3 is 0 Å². The molecule has 0 radical (unpaired) electrons. The van der Waals surface area contributed by atoms with E-state index in [1.807, 2.05) is 18.7 Å². The van der Waals surface area contributed by atoms with Gasteiger partial charge in [-0.15, -0.1) is 0 Å². The van der Waals surface area contributed by atoms with Crippen molar-refractivity contribution in [2.45, 2.75) is 52.2 Å². The van der Waals surface area contributed by atoms with Gasteiger partial charge in [-0.05, 0) is 59.2 Å². The van der Waals surface area contributed by atoms with Crippen molar-refractivity contribution in [3.63, 3.8) is 0 Å². The number of amides is 2. The molecule has 2 amide bonds. The number of likely N-dealkylation sites (tertiary alicyclic amines) is 1. The fraction of sp³-hybridized carbons (Fsp3) is 0.619. The second kappa shape index (κ2) is 12.0. The predicted molar refractivity (Wildman–Crippen MR) is 119 cm³/mol. The zero-order chi connectivity index (χ0) is 23.0. The third-order valence-electron chi connectivity index (χ3n) is 5.32. The van der Waals surface area contributed by atoms with Gasteiger partial charge in [-0.1, -0.05) is 11.6 Å². The lowest BCUT2D eigenvalue weighted by molar-refractivity contribution is -0.384. The molecule has 1 aromatic carbocycles. The highest BCUT2D eigenvalue weighted by atomic mass is 35.5. The summed E-state index contributed by atoms with van der Waals surface area (Å²) >= 11 is 6.06. The Morgan fingerprint density at radius 1 is 1.29 bits per heavy atom. The maximum atomic E-state index is 12.6. The van der Waals surface area contributed by atoms with Crippen LogP contribution in [0.5, 0.6) is 0 Å². The molecule has 1 aliphatic heterocycles. The van der Waals surface area contributed by atoms with E-state index in [4.69, 9.17) is 16.3 Å². The number of carbonyl (C=O) groups is 2. The number of nitrogens with one attached hydrogen (secondary N) is 2. The normalized spacial score (nSPS) is 16.2. The maximum absolute atomic E-state index is 12.6. The number of ether oxygens (including phenoxy) is 1. The Morgan fingerprint density at radius 3 is 2.58 bits per heavy atom. The number of benzene rings is 1. The molecule has 0 aliphatic carbocycles. The van der Waals surface area contributed by atoms with Crippen molar-refractivity contribution < 1.29 is 19.2 Å². The second-order valence-electron chi connectivity index (χ2n) is 7.96. The van der Waals surface area contributed by atoms with Crippen LogP contribution >= 0.6 is 11.6 Å². The first-order chi connectivity index (χ1) is 14.7. The Labute approximate surface area is 187 Å². The summed E-state index contributed by atoms with van der Waals surface area (Å²) in [6.45, 7) is 8.18. The predicted octanol–water partition coefficient (Wildman–Crippen LogP) is 3.22. The lowest BCUT2D eigenvalue weighted by Crippen LogP contribution is -2.48. The average molecular weight is 455 g/mol. The minimum absolute atomic E-state index is 0.0460. The van der Waals surface area contributed by atoms with Gasteiger partial charge in [0.05, 0.1) is 27.8 Å². The zero-order valence-corrected chi connectivity index (χ0v) is 19.0. The number of non-ortho nitro benzene ring substituents is 1. The van der Waals surface area contributed by atoms with Crippen molar-refractivity contribution in [3.05, 3.63) is 33.3 Å². The van der Waals surface area contributed by atoms with Crippen LogP contribution in [0.4, 0.5) is 11.4 Å². The monoisotopic (exact) mass is 454 g/mol. The van der Waals surface area contributed by atoms with E-state index < -0.39 is 11.0 Å². The Morgan fingerprint density at radius 2 is 1.97 bits per heavy atom. The highest BCUT2D eigenvalue weighted by molar-refractivity contribution is 6.33. The molecule has 1 aliphatic rings. The molecule has 1 atom stereocenters. The Kier molecular flexibility index (Phi) is 9.67. The lowest BCUT2D eigenvalue weighted by atomic mass is 9.95. The van der Waals surface area contributed by atoms with Gasteiger partial charge in [-0.2, -0.15) is 0 Å². The lowest BCUT2D eigenvalue weighted by Gasteiger charge is -2.34. The van der Waals surface area contributed by atoms with Gasteiger partial charge in [0.25, 0.3) is 5.69 Å². The summed E-state index contributed by atoms with van der Waals surface area (Å²) in [5, 5.41) is 16.8. The minimum atomic E-state index is -0.539. The van der Waals surface area contributed by atoms with Crippen LogP contribution < -0.4 is 10.6 Å². The first-order valence-electron chi connectivity index (χ1n) is 10.6. The van der Waals surface area contributed by atoms with E-state index in [0.29, 0.717) is 39.1 Å². The van der Waals surface area contributed by atoms with Crippen LogP contribution in [0.15, 0.2) is 18.2 Å². The Balaban J connectivity index is 1.79. The third kappa shape index (κ3) is 7.75. The molecule has 1 fully saturated rings. The van der Waals surface area contributed by atoms with Gasteiger partial charge < -0.3 is 15.4 Å². The van der Waals surface area contributed by atoms with Gasteiger partial charge in [0.1, 0.15) is 0 Å². The molecule has 1 heterocycles. The first kappa shape index (κ1) is 25.0. The minimum Gasteiger partial charge on any atom is -0.379 e. The summed E-state index contributed by atoms with van der Waals surface area (Å²) in [7, 11) is 0. The molecule has 0 aromatic heterocycles. The smallest absolute Gasteiger partial charge is 0.271 e. The molecule has 0 bridgehead atoms. The third-order valence-corrected chi connectivity index (χ3v) is 5.65. The summed E-state index contributed by atoms with van der Waals surface area (Å²) in [4.78, 5) is 37.4. The molecule has 2 rings (SSSR count). The fourth-order valence-corrected chi connectivity index (χ4v) is 3.59. The quantitative estimate of drug-likeness (QED) is 0.319. The average Bonchev–Trinajstić information content (AvgIpc) is 2.74. The van der Waals surface area contributed by atoms with Crippen LogP contribution in [0.3, 0.4) is 0 Å². The van der Waals surface area contributed by atoms with Gasteiger partial charge in [-0.3, -0.25) is 24.6 Å². The van der Waals surface area contributed by atoms with E-state index in [0.717, 1.165) is 6.42 Å². The molecule has 9 nitrogen and oxygen atoms in total. The first-order valence-corrected chi connectivity index (χ1v) is 10.9. The highest BCUT2D eigenvalue weighted by Gasteiger charge is 2.30. The largest absolute Gasteiger partial charge is 0.379 e. The van der Waals surface area contributed by atoms with Crippen LogP contribution in [0.1, 0.15) is 40.0 Å². The Bertz CT molecular complexity index is 781. The van der Waals surface area contributed by atoms with Crippen molar-refractivity contribution in [2.75, 3.05) is 31.6 Å². The maximum Gasteiger partial charge on any atom is 0.271 e. The number of hydrogen-bond donors (Lipinski definition) is 2. The van der Waals surface area contributed by atoms with Crippen molar-refractivity contribution in [1.29, 1.82) is 0 Å². The zero-order valence-electron chi connectivity index (χ0n) is 18.2. The van der Waals surface area contributed by atoms with E-state index >= 15 is 0 Å². The number of nitro benzene ring substituents is 1. The molecule has 1 saturated heterocycles. The van der Waals surface area contributed by atoms with Crippen molar-refractivity contribution in [2.24, 2.45) is 5.92 Å². The van der Waals surface area contributed by atoms with E-state index in [-0.39, 0.29) is 40.2 Å². The van der Waals surface area contributed by atoms with Crippen molar-refractivity contribution >= 4 is 34.8 Å². The summed E-state index contributed by atoms with van der Waals surface area (Å²) < 4.78 is 5.46. The van der Waals surface area contributed by atoms with E-state index in [2.05, 4.69) is 10.6 Å². The number of hydrogen-bond acceptors (Lipinski definition) is 6. The van der Waals surface area contributed by atoms with Crippen LogP contribution in [-0.4, -0.2) is 60.0 Å². The summed E-state index contributed by atoms with van der Waals surface area (Å²) in [5.41, 5.74) is 0.0679. The fourth-order valence-electron chi connectivity index (χ4n) is 3.42. The number of piperidine rings is 1. The summed E-state index contributed by atoms with van der Waals surface area (Å²) in [5.74, 6) is -0.316. The second-order valence-corrected chi connectivity index (χ2v) is 8.37. The standard InChI is InChI=1S/C21H31ClN4O5/c1-14(2)31-12-4-9-23-21(28)16-7-10-25(11-8-16)15(3)20(27)24-19-13-17(26(29)30)5-6-18(19)22/h5-6,13-16H,4,7-12H2,1-3H3,(H,23,28)(H,24,27). The molecular formula is C21H31ClN4O5. The highest BCUT2D eigenvalue weighted by Crippen LogP contribution is 2.27. The van der Waals surface area contributed by atoms with Gasteiger partial charge in [0.2, 0.25) is 11.8 Å². The number of nitro groups is 1. The van der Waals surface area contributed by atoms with Crippen LogP contribution in [0.25, 0.3) is 0 Å². The van der Waals surface area contributed by atoms with Gasteiger partial charge in [0.15, 0.2) is 0 Å². The van der Waals surface area contributed by atoms with Crippen LogP contribution in [0, 0.1) is 16.0 Å². The van der Waals surface area contributed by atoms with Crippen molar-refractivity contribution in [3.8, 4) is 0 Å². The summed E-state index contributed by atoms with van der Waals surface area (Å²) in [6.07, 6.45) is 2.31. The topological polar surface area (TPSA) is 114 Å². The molecule has 0 saturated carbocycles. The summed E-state index contributed by atoms with van der Waals surface area (Å²) in [6, 6.07) is 3.47. The number of rotatable bonds is 10. The molecule has 31 heavy (non-hydrogen) atoms. The van der Waals surface area contributed by atoms with Gasteiger partial charge in [-0.25, -0.2) is 0 Å². The molecule has 10 heteroatoms. The van der Waals surface area contributed by atoms with Crippen molar-refractivity contribution in [1.82, 2.24) is 10.2 Å². The molecule has 1 aromatic rings. The molecule has 2 N–H and O–H groups in total. The van der Waals surface area contributed by atoms with E-state index in [1.165, 1.54) is 18.2 Å². The van der Waals surface area contributed by atoms with Crippen LogP contribution in [-0.2, 0) is 14.3 Å². The van der Waals surface area contributed by atoms with E-state index in [1.54, 1.807) is 6.92 Å². The van der Waals surface area contributed by atoms with Gasteiger partial charge in [0, 0.05) is 31.2 Å². The number of nitrogens with zero attached hydrogens (tertiary/aromatic N) is 2. The Hall–Kier alpha value is -2.23. The number of halogens is 1. The number of anilines is 1. The number of carbonyl (C=O) groups excluding carboxylic acids is 2. The van der Waals surface area contributed by atoms with Crippen LogP contribution in [0.2, 0.25) is 5.02 Å². The van der Waals surface area contributed by atoms with E-state index in [9.17, 15) is 19.7 Å². The SMILES string of the molecule is CC(C)OCCCNC(=O)C1CCN(C(C)C(=O)Nc2cc([N+](=O)[O-])ccc2Cl)CC1. The molecule has 1 unspecified atom stereocenters. The molecule has 172 valence electrons.